The molecule has 3 nitrogen and oxygen atoms in total. The third-order valence-electron chi connectivity index (χ3n) is 2.58. The van der Waals surface area contributed by atoms with Crippen molar-refractivity contribution in [3.8, 4) is 5.75 Å². The van der Waals surface area contributed by atoms with Crippen molar-refractivity contribution in [2.45, 2.75) is 32.2 Å². The van der Waals surface area contributed by atoms with Crippen molar-refractivity contribution >= 4 is 0 Å². The average molecular weight is 313 g/mol. The Morgan fingerprint density at radius 1 is 1.24 bits per heavy atom. The Balaban J connectivity index is 2.71. The first-order valence-electron chi connectivity index (χ1n) is 6.32. The highest BCUT2D eigenvalue weighted by atomic mass is 19.4. The van der Waals surface area contributed by atoms with Crippen LogP contribution >= 0.6 is 0 Å². The van der Waals surface area contributed by atoms with Gasteiger partial charge in [0.1, 0.15) is 6.61 Å². The van der Waals surface area contributed by atoms with Gasteiger partial charge in [0.25, 0.3) is 0 Å². The Bertz CT molecular complexity index is 441. The normalized spacial score (nSPS) is 13.3. The van der Waals surface area contributed by atoms with Gasteiger partial charge in [-0.2, -0.15) is 13.2 Å². The number of halogens is 5. The van der Waals surface area contributed by atoms with E-state index in [1.165, 1.54) is 0 Å². The maximum Gasteiger partial charge on any atom is 0.417 e. The first-order valence-corrected chi connectivity index (χ1v) is 6.32. The zero-order chi connectivity index (χ0) is 16.0. The minimum Gasteiger partial charge on any atom is -0.484 e. The lowest BCUT2D eigenvalue weighted by Gasteiger charge is -2.16. The van der Waals surface area contributed by atoms with Crippen LogP contribution in [0.5, 0.6) is 5.75 Å². The number of aliphatic hydroxyl groups excluding tert-OH is 1. The van der Waals surface area contributed by atoms with Gasteiger partial charge >= 0.3 is 6.18 Å². The summed E-state index contributed by atoms with van der Waals surface area (Å²) in [7, 11) is 0. The maximum atomic E-state index is 13.6. The number of benzene rings is 1. The number of nitrogens with one attached hydrogen (secondary N) is 1. The number of aliphatic hydroxyl groups is 1. The van der Waals surface area contributed by atoms with Gasteiger partial charge in [-0.15, -0.1) is 0 Å². The van der Waals surface area contributed by atoms with Crippen LogP contribution in [0.2, 0.25) is 0 Å². The minimum absolute atomic E-state index is 0.229. The van der Waals surface area contributed by atoms with Gasteiger partial charge in [0.15, 0.2) is 23.5 Å². The Labute approximate surface area is 118 Å². The third-order valence-corrected chi connectivity index (χ3v) is 2.58. The second kappa shape index (κ2) is 7.56. The second-order valence-electron chi connectivity index (χ2n) is 4.43. The monoisotopic (exact) mass is 313 g/mol. The van der Waals surface area contributed by atoms with E-state index in [2.05, 4.69) is 10.1 Å². The van der Waals surface area contributed by atoms with Crippen LogP contribution < -0.4 is 10.1 Å². The first-order chi connectivity index (χ1) is 9.75. The summed E-state index contributed by atoms with van der Waals surface area (Å²) in [4.78, 5) is 0. The van der Waals surface area contributed by atoms with Crippen molar-refractivity contribution in [1.82, 2.24) is 5.32 Å². The molecule has 1 rings (SSSR count). The van der Waals surface area contributed by atoms with E-state index >= 15 is 0 Å². The molecule has 0 amide bonds. The summed E-state index contributed by atoms with van der Waals surface area (Å²) >= 11 is 0. The highest BCUT2D eigenvalue weighted by Gasteiger charge is 2.39. The lowest BCUT2D eigenvalue weighted by molar-refractivity contribution is -0.211. The predicted octanol–water partition coefficient (Wildman–Crippen LogP) is 2.77. The Kier molecular flexibility index (Phi) is 6.35. The molecule has 1 unspecified atom stereocenters. The van der Waals surface area contributed by atoms with Crippen molar-refractivity contribution in [3.05, 3.63) is 29.3 Å². The molecule has 0 heterocycles. The van der Waals surface area contributed by atoms with Crippen LogP contribution in [0.4, 0.5) is 22.0 Å². The molecule has 0 aliphatic heterocycles. The van der Waals surface area contributed by atoms with Gasteiger partial charge in [0.2, 0.25) is 0 Å². The summed E-state index contributed by atoms with van der Waals surface area (Å²) in [6.07, 6.45) is -6.86. The molecule has 1 atom stereocenters. The molecular weight excluding hydrogens is 297 g/mol. The minimum atomic E-state index is -4.91. The zero-order valence-electron chi connectivity index (χ0n) is 11.3. The van der Waals surface area contributed by atoms with E-state index in [0.717, 1.165) is 18.6 Å². The van der Waals surface area contributed by atoms with Crippen molar-refractivity contribution < 1.29 is 31.8 Å². The average Bonchev–Trinajstić information content (AvgIpc) is 2.36. The maximum absolute atomic E-state index is 13.6. The van der Waals surface area contributed by atoms with Crippen LogP contribution in [-0.2, 0) is 6.54 Å². The van der Waals surface area contributed by atoms with Crippen LogP contribution in [0.25, 0.3) is 0 Å². The molecule has 0 radical (unpaired) electrons. The molecule has 2 N–H and O–H groups in total. The number of rotatable bonds is 7. The van der Waals surface area contributed by atoms with Gasteiger partial charge in [-0.25, -0.2) is 8.78 Å². The van der Waals surface area contributed by atoms with E-state index in [1.54, 1.807) is 0 Å². The molecule has 1 aromatic rings. The molecular formula is C13H16F5NO2. The van der Waals surface area contributed by atoms with Crippen LogP contribution in [0.1, 0.15) is 18.9 Å². The fourth-order valence-electron chi connectivity index (χ4n) is 1.52. The van der Waals surface area contributed by atoms with Crippen molar-refractivity contribution in [2.24, 2.45) is 0 Å². The third kappa shape index (κ3) is 5.47. The number of hydrogen-bond acceptors (Lipinski definition) is 3. The Hall–Kier alpha value is -1.41. The summed E-state index contributed by atoms with van der Waals surface area (Å²) in [6, 6.07) is 1.95. The second-order valence-corrected chi connectivity index (χ2v) is 4.43. The van der Waals surface area contributed by atoms with Crippen molar-refractivity contribution in [3.63, 3.8) is 0 Å². The molecule has 21 heavy (non-hydrogen) atoms. The van der Waals surface area contributed by atoms with E-state index in [1.807, 2.05) is 6.92 Å². The first kappa shape index (κ1) is 17.6. The molecule has 0 aliphatic rings. The fraction of sp³-hybridized carbons (Fsp3) is 0.538. The molecule has 1 aromatic carbocycles. The topological polar surface area (TPSA) is 41.5 Å². The quantitative estimate of drug-likeness (QED) is 0.601. The smallest absolute Gasteiger partial charge is 0.417 e. The lowest BCUT2D eigenvalue weighted by atomic mass is 10.2. The SMILES string of the molecule is CCCNCc1cc(F)c(OCC(O)C(F)(F)F)c(F)c1. The van der Waals surface area contributed by atoms with Crippen LogP contribution in [0.3, 0.4) is 0 Å². The summed E-state index contributed by atoms with van der Waals surface area (Å²) in [6.45, 7) is 1.55. The Morgan fingerprint density at radius 2 is 1.81 bits per heavy atom. The van der Waals surface area contributed by atoms with E-state index in [9.17, 15) is 22.0 Å². The van der Waals surface area contributed by atoms with Crippen LogP contribution in [0.15, 0.2) is 12.1 Å². The number of alkyl halides is 3. The summed E-state index contributed by atoms with van der Waals surface area (Å²) in [5, 5.41) is 11.7. The fourth-order valence-corrected chi connectivity index (χ4v) is 1.52. The van der Waals surface area contributed by atoms with Crippen LogP contribution in [0, 0.1) is 11.6 Å². The zero-order valence-corrected chi connectivity index (χ0v) is 11.3. The molecule has 0 aliphatic carbocycles. The predicted molar refractivity (Wildman–Crippen MR) is 65.9 cm³/mol. The molecule has 0 spiro atoms. The number of ether oxygens (including phenoxy) is 1. The molecule has 0 saturated heterocycles. The highest BCUT2D eigenvalue weighted by Crippen LogP contribution is 2.26. The van der Waals surface area contributed by atoms with Gasteiger partial charge in [-0.1, -0.05) is 6.92 Å². The summed E-state index contributed by atoms with van der Waals surface area (Å²) < 4.78 is 67.8. The molecule has 120 valence electrons. The van der Waals surface area contributed by atoms with Gasteiger partial charge in [0.05, 0.1) is 0 Å². The van der Waals surface area contributed by atoms with Gasteiger partial charge in [-0.05, 0) is 30.7 Å². The Morgan fingerprint density at radius 3 is 2.29 bits per heavy atom. The molecule has 0 saturated carbocycles. The van der Waals surface area contributed by atoms with Crippen molar-refractivity contribution in [2.75, 3.05) is 13.2 Å². The molecule has 0 bridgehead atoms. The van der Waals surface area contributed by atoms with E-state index in [4.69, 9.17) is 5.11 Å². The van der Waals surface area contributed by atoms with Crippen LogP contribution in [-0.4, -0.2) is 30.5 Å². The van der Waals surface area contributed by atoms with E-state index in [0.29, 0.717) is 12.1 Å². The summed E-state index contributed by atoms with van der Waals surface area (Å²) in [5.41, 5.74) is 0.308. The largest absolute Gasteiger partial charge is 0.484 e. The standard InChI is InChI=1S/C13H16F5NO2/c1-2-3-19-6-8-4-9(14)12(10(15)5-8)21-7-11(20)13(16,17)18/h4-5,11,19-20H,2-3,6-7H2,1H3. The lowest BCUT2D eigenvalue weighted by Crippen LogP contribution is -2.34. The van der Waals surface area contributed by atoms with Gasteiger partial charge in [-0.3, -0.25) is 0 Å². The molecule has 0 fully saturated rings. The molecule has 8 heteroatoms. The number of hydrogen-bond donors (Lipinski definition) is 2. The van der Waals surface area contributed by atoms with Gasteiger partial charge < -0.3 is 15.2 Å². The van der Waals surface area contributed by atoms with Gasteiger partial charge in [0, 0.05) is 6.54 Å². The molecule has 0 aromatic heterocycles. The highest BCUT2D eigenvalue weighted by molar-refractivity contribution is 5.31. The summed E-state index contributed by atoms with van der Waals surface area (Å²) in [5.74, 6) is -3.16. The van der Waals surface area contributed by atoms with Crippen molar-refractivity contribution in [1.29, 1.82) is 0 Å². The van der Waals surface area contributed by atoms with E-state index < -0.39 is 36.3 Å². The van der Waals surface area contributed by atoms with E-state index in [-0.39, 0.29) is 6.54 Å².